The zero-order valence-electron chi connectivity index (χ0n) is 22.4. The number of nitrogens with zero attached hydrogens (tertiary/aromatic N) is 2. The van der Waals surface area contributed by atoms with Gasteiger partial charge in [0, 0.05) is 25.0 Å². The van der Waals surface area contributed by atoms with E-state index in [2.05, 4.69) is 5.32 Å². The van der Waals surface area contributed by atoms with Crippen LogP contribution < -0.4 is 15.8 Å². The van der Waals surface area contributed by atoms with Gasteiger partial charge in [-0.2, -0.15) is 0 Å². The van der Waals surface area contributed by atoms with Crippen LogP contribution in [0.4, 0.5) is 0 Å². The van der Waals surface area contributed by atoms with E-state index in [1.807, 2.05) is 52.0 Å². The number of aliphatic imine (C=N–C) groups is 1. The number of fused-ring (bicyclic) bond motifs is 1. The minimum atomic E-state index is -0.472. The van der Waals surface area contributed by atoms with Gasteiger partial charge in [-0.15, -0.1) is 0 Å². The normalized spacial score (nSPS) is 26.8. The summed E-state index contributed by atoms with van der Waals surface area (Å²) in [5, 5.41) is 3.77. The number of methoxy groups -OCH3 is 1. The van der Waals surface area contributed by atoms with E-state index in [9.17, 15) is 9.59 Å². The van der Waals surface area contributed by atoms with Gasteiger partial charge in [0.25, 0.3) is 0 Å². The van der Waals surface area contributed by atoms with E-state index in [4.69, 9.17) is 31.8 Å². The highest BCUT2D eigenvalue weighted by Gasteiger charge is 2.52. The van der Waals surface area contributed by atoms with Crippen LogP contribution in [0.25, 0.3) is 0 Å². The molecule has 2 aliphatic heterocycles. The molecule has 202 valence electrons. The van der Waals surface area contributed by atoms with Crippen LogP contribution in [0.15, 0.2) is 35.3 Å². The molecule has 4 atom stereocenters. The van der Waals surface area contributed by atoms with Gasteiger partial charge in [-0.1, -0.05) is 49.7 Å². The fraction of sp³-hybridized carbons (Fsp3) is 0.607. The maximum Gasteiger partial charge on any atom is 0.232 e. The highest BCUT2D eigenvalue weighted by molar-refractivity contribution is 6.32. The largest absolute Gasteiger partial charge is 0.486 e. The van der Waals surface area contributed by atoms with Crippen molar-refractivity contribution in [3.05, 3.63) is 40.9 Å². The first-order valence-corrected chi connectivity index (χ1v) is 13.5. The van der Waals surface area contributed by atoms with E-state index in [-0.39, 0.29) is 41.7 Å². The van der Waals surface area contributed by atoms with Crippen LogP contribution in [0, 0.1) is 11.8 Å². The van der Waals surface area contributed by atoms with Crippen LogP contribution in [-0.4, -0.2) is 53.6 Å². The number of carbonyl (C=O) groups is 2. The molecule has 1 fully saturated rings. The topological polar surface area (TPSA) is 106 Å². The Morgan fingerprint density at radius 1 is 1.38 bits per heavy atom. The van der Waals surface area contributed by atoms with Crippen molar-refractivity contribution in [2.75, 3.05) is 13.7 Å². The number of ether oxygens (including phenoxy) is 2. The van der Waals surface area contributed by atoms with Gasteiger partial charge in [-0.05, 0) is 45.1 Å². The number of hydrogen-bond donors (Lipinski definition) is 2. The molecule has 4 rings (SSSR count). The van der Waals surface area contributed by atoms with E-state index in [1.165, 1.54) is 0 Å². The summed E-state index contributed by atoms with van der Waals surface area (Å²) in [6, 6.07) is 5.03. The van der Waals surface area contributed by atoms with Gasteiger partial charge in [-0.3, -0.25) is 14.5 Å². The molecule has 2 amide bonds. The Morgan fingerprint density at radius 2 is 2.11 bits per heavy atom. The summed E-state index contributed by atoms with van der Waals surface area (Å²) in [6.07, 6.45) is 6.89. The predicted octanol–water partition coefficient (Wildman–Crippen LogP) is 4.37. The third kappa shape index (κ3) is 5.65. The second kappa shape index (κ2) is 10.7. The molecule has 0 saturated heterocycles. The lowest BCUT2D eigenvalue weighted by Gasteiger charge is -2.39. The molecule has 0 aromatic heterocycles. The standard InChI is InChI=1S/C28H39ClN4O4/c1-6-28(7-2)16-23(34)33(26(30)32-28)22(12-9-13-36-5)18-14-19(18)25(35)31-21-15-27(3,4)37-24-17(21)10-8-11-20(24)29/h8-12,18-19,21-22H,6-7,13-16H2,1-5H3,(H2,30,32)(H,31,35)/b12-9+/t18-,19-,21?,22?/m1/s1. The molecule has 3 aliphatic rings. The van der Waals surface area contributed by atoms with Gasteiger partial charge < -0.3 is 20.5 Å². The first kappa shape index (κ1) is 27.5. The molecule has 3 N–H and O–H groups in total. The van der Waals surface area contributed by atoms with Crippen molar-refractivity contribution in [2.45, 2.75) is 83.0 Å². The van der Waals surface area contributed by atoms with Gasteiger partial charge in [0.05, 0.1) is 35.7 Å². The van der Waals surface area contributed by atoms with Gasteiger partial charge in [0.15, 0.2) is 5.96 Å². The SMILES string of the molecule is CCC1(CC)CC(=O)N(C(/C=C/COC)[C@@H]2C[C@H]2C(=O)NC2CC(C)(C)Oc3c(Cl)cccc32)C(N)=N1. The quantitative estimate of drug-likeness (QED) is 0.461. The van der Waals surface area contributed by atoms with Crippen molar-refractivity contribution in [1.29, 1.82) is 0 Å². The lowest BCUT2D eigenvalue weighted by molar-refractivity contribution is -0.131. The van der Waals surface area contributed by atoms with Crippen LogP contribution >= 0.6 is 11.6 Å². The molecule has 1 aliphatic carbocycles. The Morgan fingerprint density at radius 3 is 2.76 bits per heavy atom. The van der Waals surface area contributed by atoms with Crippen LogP contribution in [0.3, 0.4) is 0 Å². The summed E-state index contributed by atoms with van der Waals surface area (Å²) in [4.78, 5) is 33.2. The average molecular weight is 531 g/mol. The molecule has 1 aromatic rings. The minimum Gasteiger partial charge on any atom is -0.486 e. The lowest BCUT2D eigenvalue weighted by atomic mass is 9.87. The number of amides is 2. The van der Waals surface area contributed by atoms with Crippen LogP contribution in [0.2, 0.25) is 5.02 Å². The Bertz CT molecular complexity index is 1100. The van der Waals surface area contributed by atoms with Crippen molar-refractivity contribution in [2.24, 2.45) is 22.6 Å². The van der Waals surface area contributed by atoms with E-state index in [0.717, 1.165) is 18.4 Å². The Labute approximate surface area is 224 Å². The van der Waals surface area contributed by atoms with Crippen molar-refractivity contribution < 1.29 is 19.1 Å². The predicted molar refractivity (Wildman–Crippen MR) is 144 cm³/mol. The lowest BCUT2D eigenvalue weighted by Crippen LogP contribution is -2.55. The molecule has 0 radical (unpaired) electrons. The number of hydrogen-bond acceptors (Lipinski definition) is 6. The zero-order valence-corrected chi connectivity index (χ0v) is 23.2. The van der Waals surface area contributed by atoms with Crippen molar-refractivity contribution in [3.8, 4) is 5.75 Å². The monoisotopic (exact) mass is 530 g/mol. The summed E-state index contributed by atoms with van der Waals surface area (Å²) < 4.78 is 11.3. The van der Waals surface area contributed by atoms with Crippen molar-refractivity contribution in [3.63, 3.8) is 0 Å². The second-order valence-electron chi connectivity index (χ2n) is 11.0. The first-order chi connectivity index (χ1) is 17.5. The summed E-state index contributed by atoms with van der Waals surface area (Å²) in [5.41, 5.74) is 6.35. The number of nitrogens with one attached hydrogen (secondary N) is 1. The first-order valence-electron chi connectivity index (χ1n) is 13.2. The molecule has 8 nitrogen and oxygen atoms in total. The Balaban J connectivity index is 1.54. The third-order valence-corrected chi connectivity index (χ3v) is 8.23. The maximum absolute atomic E-state index is 13.5. The van der Waals surface area contributed by atoms with Gasteiger partial charge >= 0.3 is 0 Å². The summed E-state index contributed by atoms with van der Waals surface area (Å²) in [7, 11) is 1.62. The number of nitrogens with two attached hydrogens (primary N) is 1. The molecule has 1 aromatic carbocycles. The van der Waals surface area contributed by atoms with Gasteiger partial charge in [0.2, 0.25) is 11.8 Å². The molecule has 0 bridgehead atoms. The number of halogens is 1. The number of benzene rings is 1. The number of guanidine groups is 1. The van der Waals surface area contributed by atoms with Crippen LogP contribution in [0.1, 0.15) is 71.4 Å². The molecule has 2 unspecified atom stereocenters. The van der Waals surface area contributed by atoms with E-state index in [1.54, 1.807) is 18.1 Å². The highest BCUT2D eigenvalue weighted by Crippen LogP contribution is 2.47. The number of para-hydroxylation sites is 1. The Hall–Kier alpha value is -2.58. The zero-order chi connectivity index (χ0) is 27.0. The summed E-state index contributed by atoms with van der Waals surface area (Å²) in [6.45, 7) is 8.45. The van der Waals surface area contributed by atoms with Crippen LogP contribution in [0.5, 0.6) is 5.75 Å². The number of carbonyl (C=O) groups excluding carboxylic acids is 2. The van der Waals surface area contributed by atoms with Crippen LogP contribution in [-0.2, 0) is 14.3 Å². The average Bonchev–Trinajstić information content (AvgIpc) is 3.64. The van der Waals surface area contributed by atoms with Crippen molar-refractivity contribution in [1.82, 2.24) is 10.2 Å². The summed E-state index contributed by atoms with van der Waals surface area (Å²) in [5.74, 6) is 0.456. The molecular formula is C28H39ClN4O4. The van der Waals surface area contributed by atoms with Crippen molar-refractivity contribution >= 4 is 29.4 Å². The Kier molecular flexibility index (Phi) is 7.91. The molecule has 0 spiro atoms. The number of rotatable bonds is 9. The summed E-state index contributed by atoms with van der Waals surface area (Å²) >= 11 is 6.41. The molecule has 37 heavy (non-hydrogen) atoms. The second-order valence-corrected chi connectivity index (χ2v) is 11.4. The van der Waals surface area contributed by atoms with E-state index in [0.29, 0.717) is 36.6 Å². The molecular weight excluding hydrogens is 492 g/mol. The maximum atomic E-state index is 13.5. The molecule has 9 heteroatoms. The molecule has 2 heterocycles. The smallest absolute Gasteiger partial charge is 0.232 e. The highest BCUT2D eigenvalue weighted by atomic mass is 35.5. The minimum absolute atomic E-state index is 0.0415. The van der Waals surface area contributed by atoms with Gasteiger partial charge in [0.1, 0.15) is 11.4 Å². The fourth-order valence-corrected chi connectivity index (χ4v) is 5.87. The van der Waals surface area contributed by atoms with E-state index < -0.39 is 11.1 Å². The molecule has 1 saturated carbocycles. The van der Waals surface area contributed by atoms with Gasteiger partial charge in [-0.25, -0.2) is 4.99 Å². The van der Waals surface area contributed by atoms with E-state index >= 15 is 0 Å². The third-order valence-electron chi connectivity index (χ3n) is 7.94. The fourth-order valence-electron chi connectivity index (χ4n) is 5.65.